The molecule has 0 heteroatoms. The molecule has 1 fully saturated rings. The first-order chi connectivity index (χ1) is 9.54. The monoisotopic (exact) mass is 276 g/mol. The third kappa shape index (κ3) is 3.49. The van der Waals surface area contributed by atoms with Gasteiger partial charge in [0, 0.05) is 0 Å². The zero-order valence-corrected chi connectivity index (χ0v) is 14.5. The van der Waals surface area contributed by atoms with Crippen LogP contribution in [0.1, 0.15) is 79.6 Å². The van der Waals surface area contributed by atoms with Crippen LogP contribution in [0, 0.1) is 35.5 Å². The average Bonchev–Trinajstić information content (AvgIpc) is 2.42. The van der Waals surface area contributed by atoms with Crippen LogP contribution >= 0.6 is 0 Å². The smallest absolute Gasteiger partial charge is 0.0203 e. The fourth-order valence-corrected chi connectivity index (χ4v) is 5.05. The van der Waals surface area contributed by atoms with Gasteiger partial charge in [-0.3, -0.25) is 0 Å². The van der Waals surface area contributed by atoms with Crippen molar-refractivity contribution in [3.8, 4) is 0 Å². The highest BCUT2D eigenvalue weighted by Gasteiger charge is 2.40. The molecule has 0 radical (unpaired) electrons. The molecule has 0 aromatic heterocycles. The van der Waals surface area contributed by atoms with Crippen molar-refractivity contribution in [2.45, 2.75) is 79.6 Å². The summed E-state index contributed by atoms with van der Waals surface area (Å²) in [6.07, 6.45) is 12.6. The number of allylic oxidation sites excluding steroid dienone is 2. The summed E-state index contributed by atoms with van der Waals surface area (Å²) in [6.45, 7) is 12.2. The van der Waals surface area contributed by atoms with Gasteiger partial charge in [0.15, 0.2) is 0 Å². The predicted molar refractivity (Wildman–Crippen MR) is 89.7 cm³/mol. The molecule has 0 aliphatic heterocycles. The molecular weight excluding hydrogens is 240 g/mol. The third-order valence-electron chi connectivity index (χ3n) is 6.63. The second-order valence-corrected chi connectivity index (χ2v) is 7.99. The van der Waals surface area contributed by atoms with Gasteiger partial charge in [-0.15, -0.1) is 0 Å². The fraction of sp³-hybridized carbons (Fsp3) is 0.900. The Kier molecular flexibility index (Phi) is 5.75. The summed E-state index contributed by atoms with van der Waals surface area (Å²) in [6, 6.07) is 0. The molecule has 0 amide bonds. The maximum atomic E-state index is 2.56. The third-order valence-corrected chi connectivity index (χ3v) is 6.63. The van der Waals surface area contributed by atoms with E-state index in [1.165, 1.54) is 44.9 Å². The summed E-state index contributed by atoms with van der Waals surface area (Å²) >= 11 is 0. The van der Waals surface area contributed by atoms with Gasteiger partial charge in [-0.2, -0.15) is 0 Å². The van der Waals surface area contributed by atoms with Crippen LogP contribution < -0.4 is 0 Å². The van der Waals surface area contributed by atoms with Gasteiger partial charge in [-0.1, -0.05) is 65.0 Å². The van der Waals surface area contributed by atoms with Crippen molar-refractivity contribution in [3.63, 3.8) is 0 Å². The van der Waals surface area contributed by atoms with Crippen molar-refractivity contribution < 1.29 is 0 Å². The summed E-state index contributed by atoms with van der Waals surface area (Å²) in [5.74, 6) is 5.72. The predicted octanol–water partition coefficient (Wildman–Crippen LogP) is 6.47. The first kappa shape index (κ1) is 16.1. The Balaban J connectivity index is 1.99. The summed E-state index contributed by atoms with van der Waals surface area (Å²) in [5.41, 5.74) is 1.67. The molecule has 2 aliphatic carbocycles. The van der Waals surface area contributed by atoms with Gasteiger partial charge in [0.1, 0.15) is 0 Å². The van der Waals surface area contributed by atoms with Crippen molar-refractivity contribution in [2.24, 2.45) is 35.5 Å². The largest absolute Gasteiger partial charge is 0.0850 e. The molecule has 20 heavy (non-hydrogen) atoms. The fourth-order valence-electron chi connectivity index (χ4n) is 5.05. The van der Waals surface area contributed by atoms with E-state index in [4.69, 9.17) is 0 Å². The molecule has 0 aromatic carbocycles. The highest BCUT2D eigenvalue weighted by Crippen LogP contribution is 2.50. The van der Waals surface area contributed by atoms with E-state index in [1.54, 1.807) is 5.57 Å². The van der Waals surface area contributed by atoms with E-state index in [1.807, 2.05) is 0 Å². The lowest BCUT2D eigenvalue weighted by molar-refractivity contribution is 0.0576. The molecular formula is C20H36. The molecule has 0 spiro atoms. The highest BCUT2D eigenvalue weighted by atomic mass is 14.5. The Morgan fingerprint density at radius 1 is 1.15 bits per heavy atom. The first-order valence-electron chi connectivity index (χ1n) is 9.21. The molecule has 0 heterocycles. The van der Waals surface area contributed by atoms with E-state index in [0.29, 0.717) is 0 Å². The minimum absolute atomic E-state index is 0.844. The lowest BCUT2D eigenvalue weighted by atomic mass is 9.58. The number of hydrogen-bond acceptors (Lipinski definition) is 0. The Labute approximate surface area is 127 Å². The summed E-state index contributed by atoms with van der Waals surface area (Å²) < 4.78 is 0. The Morgan fingerprint density at radius 2 is 1.90 bits per heavy atom. The van der Waals surface area contributed by atoms with Crippen molar-refractivity contribution in [1.82, 2.24) is 0 Å². The van der Waals surface area contributed by atoms with Gasteiger partial charge in [0.25, 0.3) is 0 Å². The molecule has 0 N–H and O–H groups in total. The van der Waals surface area contributed by atoms with E-state index in [-0.39, 0.29) is 0 Å². The van der Waals surface area contributed by atoms with Gasteiger partial charge >= 0.3 is 0 Å². The molecule has 116 valence electrons. The molecule has 0 aromatic rings. The van der Waals surface area contributed by atoms with Gasteiger partial charge in [0.2, 0.25) is 0 Å². The van der Waals surface area contributed by atoms with Crippen LogP contribution in [-0.2, 0) is 0 Å². The average molecular weight is 277 g/mol. The molecule has 0 saturated heterocycles. The van der Waals surface area contributed by atoms with E-state index < -0.39 is 0 Å². The maximum Gasteiger partial charge on any atom is -0.0203 e. The summed E-state index contributed by atoms with van der Waals surface area (Å²) in [4.78, 5) is 0. The maximum absolute atomic E-state index is 2.56. The molecule has 6 unspecified atom stereocenters. The Morgan fingerprint density at radius 3 is 2.60 bits per heavy atom. The van der Waals surface area contributed by atoms with Gasteiger partial charge in [0.05, 0.1) is 0 Å². The SMILES string of the molecule is CCCC(C)CCC1C(C)CCC2C(C)C(C)=CCC12. The van der Waals surface area contributed by atoms with E-state index in [2.05, 4.69) is 40.7 Å². The van der Waals surface area contributed by atoms with E-state index in [0.717, 1.165) is 35.5 Å². The first-order valence-corrected chi connectivity index (χ1v) is 9.21. The molecule has 0 nitrogen and oxygen atoms in total. The van der Waals surface area contributed by atoms with Crippen molar-refractivity contribution >= 4 is 0 Å². The van der Waals surface area contributed by atoms with Crippen molar-refractivity contribution in [3.05, 3.63) is 11.6 Å². The van der Waals surface area contributed by atoms with Crippen LogP contribution in [0.5, 0.6) is 0 Å². The lowest BCUT2D eigenvalue weighted by Crippen LogP contribution is -2.38. The number of hydrogen-bond donors (Lipinski definition) is 0. The van der Waals surface area contributed by atoms with Crippen molar-refractivity contribution in [2.75, 3.05) is 0 Å². The standard InChI is InChI=1S/C20H36/c1-6-7-14(2)8-11-18-16(4)10-12-19-17(5)15(3)9-13-20(18)19/h9,14,16-20H,6-8,10-13H2,1-5H3. The molecule has 2 aliphatic rings. The highest BCUT2D eigenvalue weighted by molar-refractivity contribution is 5.12. The lowest BCUT2D eigenvalue weighted by Gasteiger charge is -2.47. The number of fused-ring (bicyclic) bond motifs is 1. The Bertz CT molecular complexity index is 327. The number of rotatable bonds is 5. The zero-order chi connectivity index (χ0) is 14.7. The topological polar surface area (TPSA) is 0 Å². The van der Waals surface area contributed by atoms with Crippen LogP contribution in [0.25, 0.3) is 0 Å². The second kappa shape index (κ2) is 7.14. The Hall–Kier alpha value is -0.260. The van der Waals surface area contributed by atoms with Crippen LogP contribution in [-0.4, -0.2) is 0 Å². The molecule has 2 rings (SSSR count). The quantitative estimate of drug-likeness (QED) is 0.505. The minimum atomic E-state index is 0.844. The van der Waals surface area contributed by atoms with Crippen molar-refractivity contribution in [1.29, 1.82) is 0 Å². The van der Waals surface area contributed by atoms with Crippen LogP contribution in [0.3, 0.4) is 0 Å². The van der Waals surface area contributed by atoms with Gasteiger partial charge < -0.3 is 0 Å². The normalized spacial score (nSPS) is 39.0. The van der Waals surface area contributed by atoms with Gasteiger partial charge in [-0.05, 0) is 61.7 Å². The zero-order valence-electron chi connectivity index (χ0n) is 14.5. The van der Waals surface area contributed by atoms with Crippen LogP contribution in [0.2, 0.25) is 0 Å². The van der Waals surface area contributed by atoms with Crippen LogP contribution in [0.4, 0.5) is 0 Å². The molecule has 0 bridgehead atoms. The minimum Gasteiger partial charge on any atom is -0.0850 e. The summed E-state index contributed by atoms with van der Waals surface area (Å²) in [5, 5.41) is 0. The van der Waals surface area contributed by atoms with Gasteiger partial charge in [-0.25, -0.2) is 0 Å². The molecule has 1 saturated carbocycles. The van der Waals surface area contributed by atoms with Crippen LogP contribution in [0.15, 0.2) is 11.6 Å². The van der Waals surface area contributed by atoms with E-state index >= 15 is 0 Å². The second-order valence-electron chi connectivity index (χ2n) is 7.99. The summed E-state index contributed by atoms with van der Waals surface area (Å²) in [7, 11) is 0. The molecule has 6 atom stereocenters. The van der Waals surface area contributed by atoms with E-state index in [9.17, 15) is 0 Å².